The van der Waals surface area contributed by atoms with Gasteiger partial charge in [-0.15, -0.1) is 0 Å². The van der Waals surface area contributed by atoms with Crippen LogP contribution in [0.5, 0.6) is 0 Å². The van der Waals surface area contributed by atoms with E-state index in [1.165, 1.54) is 12.1 Å². The summed E-state index contributed by atoms with van der Waals surface area (Å²) in [6.07, 6.45) is 1.59. The van der Waals surface area contributed by atoms with E-state index in [2.05, 4.69) is 9.97 Å². The van der Waals surface area contributed by atoms with Crippen molar-refractivity contribution in [2.24, 2.45) is 0 Å². The number of hydrogen-bond donors (Lipinski definition) is 0. The van der Waals surface area contributed by atoms with E-state index in [0.717, 1.165) is 18.3 Å². The average Bonchev–Trinajstić information content (AvgIpc) is 2.55. The van der Waals surface area contributed by atoms with E-state index in [9.17, 15) is 13.6 Å². The monoisotopic (exact) mass is 377 g/mol. The lowest BCUT2D eigenvalue weighted by Gasteiger charge is -2.28. The summed E-state index contributed by atoms with van der Waals surface area (Å²) in [5, 5.41) is 0. The minimum Gasteiger partial charge on any atom is -0.461 e. The van der Waals surface area contributed by atoms with Crippen LogP contribution >= 0.6 is 0 Å². The van der Waals surface area contributed by atoms with E-state index in [1.807, 2.05) is 32.7 Å². The van der Waals surface area contributed by atoms with Crippen LogP contribution in [0.25, 0.3) is 11.3 Å². The van der Waals surface area contributed by atoms with E-state index in [-0.39, 0.29) is 5.56 Å². The molecule has 0 aliphatic carbocycles. The molecule has 1 heterocycles. The molecule has 2 rings (SSSR count). The number of rotatable bonds is 8. The Morgan fingerprint density at radius 3 is 2.59 bits per heavy atom. The number of aryl methyl sites for hydroxylation is 1. The molecule has 0 saturated carbocycles. The average molecular weight is 377 g/mol. The van der Waals surface area contributed by atoms with Crippen LogP contribution in [-0.2, 0) is 22.0 Å². The zero-order valence-electron chi connectivity index (χ0n) is 16.3. The second-order valence-corrected chi connectivity index (χ2v) is 7.40. The number of halogens is 2. The highest BCUT2D eigenvalue weighted by Crippen LogP contribution is 2.30. The predicted molar refractivity (Wildman–Crippen MR) is 99.3 cm³/mol. The highest BCUT2D eigenvalue weighted by atomic mass is 19.3. The van der Waals surface area contributed by atoms with Gasteiger partial charge in [0.1, 0.15) is 5.60 Å². The van der Waals surface area contributed by atoms with E-state index < -0.39 is 11.5 Å². The fourth-order valence-corrected chi connectivity index (χ4v) is 2.86. The number of likely N-dealkylation sites (N-methyl/N-ethyl adjacent to an activating group) is 1. The Kier molecular flexibility index (Phi) is 6.26. The normalized spacial score (nSPS) is 12.3. The molecule has 0 N–H and O–H groups in total. The minimum atomic E-state index is -2.92. The molecule has 7 heteroatoms. The molecule has 0 bridgehead atoms. The molecule has 0 unspecified atom stereocenters. The van der Waals surface area contributed by atoms with E-state index in [0.29, 0.717) is 30.8 Å². The lowest BCUT2D eigenvalue weighted by molar-refractivity contribution is -0.141. The van der Waals surface area contributed by atoms with Crippen molar-refractivity contribution in [3.63, 3.8) is 0 Å². The molecule has 0 spiro atoms. The van der Waals surface area contributed by atoms with Crippen LogP contribution in [0.3, 0.4) is 0 Å². The van der Waals surface area contributed by atoms with Gasteiger partial charge in [0.25, 0.3) is 12.4 Å². The summed E-state index contributed by atoms with van der Waals surface area (Å²) in [6, 6.07) is 6.17. The van der Waals surface area contributed by atoms with Crippen LogP contribution in [0, 0.1) is 6.92 Å². The summed E-state index contributed by atoms with van der Waals surface area (Å²) in [5.41, 5.74) is 1.95. The zero-order valence-corrected chi connectivity index (χ0v) is 16.3. The number of benzene rings is 1. The van der Waals surface area contributed by atoms with Crippen LogP contribution in [0.2, 0.25) is 0 Å². The van der Waals surface area contributed by atoms with Gasteiger partial charge in [0, 0.05) is 31.1 Å². The number of hydrogen-bond acceptors (Lipinski definition) is 5. The molecule has 0 saturated heterocycles. The Morgan fingerprint density at radius 1 is 1.26 bits per heavy atom. The van der Waals surface area contributed by atoms with Crippen molar-refractivity contribution < 1.29 is 18.3 Å². The van der Waals surface area contributed by atoms with Gasteiger partial charge in [0.05, 0.1) is 23.3 Å². The van der Waals surface area contributed by atoms with Gasteiger partial charge in [-0.1, -0.05) is 18.2 Å². The van der Waals surface area contributed by atoms with Gasteiger partial charge in [0.15, 0.2) is 0 Å². The molecule has 1 aromatic heterocycles. The Balaban J connectivity index is 2.25. The molecule has 0 aliphatic rings. The zero-order chi connectivity index (χ0) is 20.2. The summed E-state index contributed by atoms with van der Waals surface area (Å²) in [5.74, 6) is -2.92. The molecule has 0 fully saturated rings. The van der Waals surface area contributed by atoms with Crippen molar-refractivity contribution in [2.75, 3.05) is 13.6 Å². The maximum atomic E-state index is 13.6. The fraction of sp³-hybridized carbons (Fsp3) is 0.450. The quantitative estimate of drug-likeness (QED) is 0.652. The third kappa shape index (κ3) is 5.79. The van der Waals surface area contributed by atoms with Gasteiger partial charge < -0.3 is 4.74 Å². The lowest BCUT2D eigenvalue weighted by atomic mass is 10.0. The molecule has 0 aliphatic heterocycles. The summed E-state index contributed by atoms with van der Waals surface area (Å²) in [6.45, 7) is 7.80. The van der Waals surface area contributed by atoms with Crippen LogP contribution in [0.4, 0.5) is 8.78 Å². The van der Waals surface area contributed by atoms with Gasteiger partial charge in [-0.2, -0.15) is 0 Å². The standard InChI is InChI=1S/C20H25F2N3O2/c1-14-18(11-25(5)12-19(2,3)27-13-26)24-17(10-23-14)15-7-6-8-16(9-15)20(4,21)22/h6-10,13H,11-12H2,1-5H3. The number of carbonyl (C=O) groups is 1. The van der Waals surface area contributed by atoms with Crippen LogP contribution < -0.4 is 0 Å². The van der Waals surface area contributed by atoms with Crippen molar-refractivity contribution in [2.45, 2.75) is 45.8 Å². The molecule has 2 aromatic rings. The Bertz CT molecular complexity index is 804. The van der Waals surface area contributed by atoms with Crippen molar-refractivity contribution >= 4 is 6.47 Å². The maximum absolute atomic E-state index is 13.6. The Morgan fingerprint density at radius 2 is 1.96 bits per heavy atom. The predicted octanol–water partition coefficient (Wildman–Crippen LogP) is 3.95. The Labute approximate surface area is 158 Å². The van der Waals surface area contributed by atoms with E-state index in [4.69, 9.17) is 4.74 Å². The molecule has 0 atom stereocenters. The van der Waals surface area contributed by atoms with Crippen molar-refractivity contribution in [1.29, 1.82) is 0 Å². The molecule has 0 amide bonds. The van der Waals surface area contributed by atoms with Crippen molar-refractivity contribution in [3.05, 3.63) is 47.4 Å². The summed E-state index contributed by atoms with van der Waals surface area (Å²) >= 11 is 0. The SMILES string of the molecule is Cc1ncc(-c2cccc(C(C)(F)F)c2)nc1CN(C)CC(C)(C)OC=O. The fourth-order valence-electron chi connectivity index (χ4n) is 2.86. The van der Waals surface area contributed by atoms with E-state index in [1.54, 1.807) is 18.3 Å². The first-order valence-electron chi connectivity index (χ1n) is 8.63. The summed E-state index contributed by atoms with van der Waals surface area (Å²) in [4.78, 5) is 21.6. The lowest BCUT2D eigenvalue weighted by Crippen LogP contribution is -2.38. The molecular formula is C20H25F2N3O2. The first-order chi connectivity index (χ1) is 12.5. The van der Waals surface area contributed by atoms with Crippen LogP contribution in [0.15, 0.2) is 30.5 Å². The third-order valence-electron chi connectivity index (χ3n) is 4.16. The van der Waals surface area contributed by atoms with Crippen LogP contribution in [-0.4, -0.2) is 40.5 Å². The second kappa shape index (κ2) is 8.08. The maximum Gasteiger partial charge on any atom is 0.293 e. The van der Waals surface area contributed by atoms with Gasteiger partial charge >= 0.3 is 0 Å². The van der Waals surface area contributed by atoms with Gasteiger partial charge in [-0.25, -0.2) is 13.8 Å². The molecule has 146 valence electrons. The molecule has 0 radical (unpaired) electrons. The first kappa shape index (κ1) is 20.9. The first-order valence-corrected chi connectivity index (χ1v) is 8.63. The van der Waals surface area contributed by atoms with Gasteiger partial charge in [0.2, 0.25) is 0 Å². The molecule has 27 heavy (non-hydrogen) atoms. The Hall–Kier alpha value is -2.41. The molecular weight excluding hydrogens is 352 g/mol. The number of alkyl halides is 2. The molecule has 1 aromatic carbocycles. The topological polar surface area (TPSA) is 55.3 Å². The molecule has 5 nitrogen and oxygen atoms in total. The van der Waals surface area contributed by atoms with Crippen molar-refractivity contribution in [1.82, 2.24) is 14.9 Å². The third-order valence-corrected chi connectivity index (χ3v) is 4.16. The highest BCUT2D eigenvalue weighted by Gasteiger charge is 2.25. The van der Waals surface area contributed by atoms with Gasteiger partial charge in [-0.05, 0) is 33.9 Å². The number of ether oxygens (including phenoxy) is 1. The second-order valence-electron chi connectivity index (χ2n) is 7.40. The number of aromatic nitrogens is 2. The number of nitrogens with zero attached hydrogens (tertiary/aromatic N) is 3. The summed E-state index contributed by atoms with van der Waals surface area (Å²) in [7, 11) is 1.89. The smallest absolute Gasteiger partial charge is 0.293 e. The van der Waals surface area contributed by atoms with E-state index >= 15 is 0 Å². The highest BCUT2D eigenvalue weighted by molar-refractivity contribution is 5.59. The number of carbonyl (C=O) groups excluding carboxylic acids is 1. The summed E-state index contributed by atoms with van der Waals surface area (Å²) < 4.78 is 32.3. The van der Waals surface area contributed by atoms with Crippen LogP contribution in [0.1, 0.15) is 37.7 Å². The van der Waals surface area contributed by atoms with Crippen molar-refractivity contribution in [3.8, 4) is 11.3 Å². The van der Waals surface area contributed by atoms with Gasteiger partial charge in [-0.3, -0.25) is 14.7 Å². The minimum absolute atomic E-state index is 0.0613. The largest absolute Gasteiger partial charge is 0.461 e.